The summed E-state index contributed by atoms with van der Waals surface area (Å²) in [6.45, 7) is 1.70. The number of hydrogen-bond donors (Lipinski definition) is 2. The first-order valence-electron chi connectivity index (χ1n) is 6.90. The second-order valence-corrected chi connectivity index (χ2v) is 5.63. The largest absolute Gasteiger partial charge is 0.486 e. The molecule has 0 saturated heterocycles. The summed E-state index contributed by atoms with van der Waals surface area (Å²) in [4.78, 5) is 0. The Bertz CT molecular complexity index is 420. The SMILES string of the molecule is CC(O)c1ccc(OC2CCCCCC2O)c(Cl)c1. The van der Waals surface area contributed by atoms with Crippen molar-refractivity contribution in [3.63, 3.8) is 0 Å². The van der Waals surface area contributed by atoms with E-state index in [-0.39, 0.29) is 6.10 Å². The van der Waals surface area contributed by atoms with Gasteiger partial charge in [-0.2, -0.15) is 0 Å². The van der Waals surface area contributed by atoms with Crippen molar-refractivity contribution in [1.82, 2.24) is 0 Å². The van der Waals surface area contributed by atoms with Crippen LogP contribution in [0, 0.1) is 0 Å². The Balaban J connectivity index is 2.09. The van der Waals surface area contributed by atoms with E-state index in [1.54, 1.807) is 25.1 Å². The zero-order valence-electron chi connectivity index (χ0n) is 11.2. The fourth-order valence-electron chi connectivity index (χ4n) is 2.43. The van der Waals surface area contributed by atoms with Gasteiger partial charge in [0, 0.05) is 0 Å². The van der Waals surface area contributed by atoms with Crippen molar-refractivity contribution in [1.29, 1.82) is 0 Å². The number of aliphatic hydroxyl groups is 2. The molecule has 0 radical (unpaired) electrons. The second-order valence-electron chi connectivity index (χ2n) is 5.23. The molecule has 106 valence electrons. The van der Waals surface area contributed by atoms with Crippen LogP contribution in [0.5, 0.6) is 5.75 Å². The van der Waals surface area contributed by atoms with Gasteiger partial charge in [0.05, 0.1) is 17.2 Å². The average molecular weight is 285 g/mol. The fraction of sp³-hybridized carbons (Fsp3) is 0.600. The summed E-state index contributed by atoms with van der Waals surface area (Å²) in [6.07, 6.45) is 3.76. The van der Waals surface area contributed by atoms with Crippen molar-refractivity contribution >= 4 is 11.6 Å². The van der Waals surface area contributed by atoms with Crippen molar-refractivity contribution in [2.45, 2.75) is 57.3 Å². The van der Waals surface area contributed by atoms with Gasteiger partial charge in [0.25, 0.3) is 0 Å². The molecule has 0 aliphatic heterocycles. The molecule has 1 fully saturated rings. The number of rotatable bonds is 3. The van der Waals surface area contributed by atoms with Gasteiger partial charge >= 0.3 is 0 Å². The molecule has 19 heavy (non-hydrogen) atoms. The highest BCUT2D eigenvalue weighted by atomic mass is 35.5. The summed E-state index contributed by atoms with van der Waals surface area (Å²) in [5, 5.41) is 20.0. The Morgan fingerprint density at radius 1 is 1.26 bits per heavy atom. The van der Waals surface area contributed by atoms with Gasteiger partial charge in [-0.15, -0.1) is 0 Å². The molecule has 3 nitrogen and oxygen atoms in total. The zero-order valence-corrected chi connectivity index (χ0v) is 11.9. The maximum absolute atomic E-state index is 10.0. The monoisotopic (exact) mass is 284 g/mol. The van der Waals surface area contributed by atoms with Crippen LogP contribution in [0.15, 0.2) is 18.2 Å². The molecule has 1 saturated carbocycles. The third-order valence-electron chi connectivity index (χ3n) is 3.63. The Hall–Kier alpha value is -0.770. The minimum absolute atomic E-state index is 0.183. The normalized spacial score (nSPS) is 25.7. The Morgan fingerprint density at radius 2 is 2.00 bits per heavy atom. The highest BCUT2D eigenvalue weighted by Crippen LogP contribution is 2.31. The summed E-state index contributed by atoms with van der Waals surface area (Å²) in [7, 11) is 0. The lowest BCUT2D eigenvalue weighted by Gasteiger charge is -2.23. The van der Waals surface area contributed by atoms with Gasteiger partial charge in [-0.3, -0.25) is 0 Å². The van der Waals surface area contributed by atoms with Crippen molar-refractivity contribution in [3.05, 3.63) is 28.8 Å². The van der Waals surface area contributed by atoms with Crippen LogP contribution in [-0.2, 0) is 0 Å². The number of ether oxygens (including phenoxy) is 1. The molecule has 1 aliphatic rings. The molecule has 0 spiro atoms. The topological polar surface area (TPSA) is 49.7 Å². The summed E-state index contributed by atoms with van der Waals surface area (Å²) in [5.41, 5.74) is 0.763. The Labute approximate surface area is 119 Å². The quantitative estimate of drug-likeness (QED) is 0.836. The van der Waals surface area contributed by atoms with Gasteiger partial charge < -0.3 is 14.9 Å². The van der Waals surface area contributed by atoms with Crippen molar-refractivity contribution in [3.8, 4) is 5.75 Å². The van der Waals surface area contributed by atoms with Crippen LogP contribution in [0.25, 0.3) is 0 Å². The predicted molar refractivity (Wildman–Crippen MR) is 75.6 cm³/mol. The van der Waals surface area contributed by atoms with Gasteiger partial charge in [0.2, 0.25) is 0 Å². The van der Waals surface area contributed by atoms with Gasteiger partial charge in [-0.05, 0) is 43.9 Å². The molecule has 1 aromatic rings. The van der Waals surface area contributed by atoms with E-state index in [0.717, 1.165) is 37.7 Å². The molecule has 4 heteroatoms. The van der Waals surface area contributed by atoms with Crippen LogP contribution in [0.3, 0.4) is 0 Å². The molecule has 1 aliphatic carbocycles. The van der Waals surface area contributed by atoms with Crippen molar-refractivity contribution < 1.29 is 14.9 Å². The number of halogens is 1. The van der Waals surface area contributed by atoms with E-state index < -0.39 is 12.2 Å². The summed E-state index contributed by atoms with van der Waals surface area (Å²) in [5.74, 6) is 0.581. The van der Waals surface area contributed by atoms with Crippen LogP contribution in [0.1, 0.15) is 50.7 Å². The lowest BCUT2D eigenvalue weighted by molar-refractivity contribution is 0.0320. The zero-order chi connectivity index (χ0) is 13.8. The van der Waals surface area contributed by atoms with Gasteiger partial charge in [-0.1, -0.05) is 30.5 Å². The second kappa shape index (κ2) is 6.60. The molecule has 3 unspecified atom stereocenters. The minimum atomic E-state index is -0.546. The van der Waals surface area contributed by atoms with Crippen molar-refractivity contribution in [2.75, 3.05) is 0 Å². The first-order chi connectivity index (χ1) is 9.08. The first-order valence-corrected chi connectivity index (χ1v) is 7.28. The molecule has 0 heterocycles. The van der Waals surface area contributed by atoms with Crippen LogP contribution in [-0.4, -0.2) is 22.4 Å². The molecule has 0 aromatic heterocycles. The number of hydrogen-bond acceptors (Lipinski definition) is 3. The number of benzene rings is 1. The van der Waals surface area contributed by atoms with Gasteiger partial charge in [0.1, 0.15) is 11.9 Å². The van der Waals surface area contributed by atoms with E-state index in [2.05, 4.69) is 0 Å². The maximum atomic E-state index is 10.0. The smallest absolute Gasteiger partial charge is 0.138 e. The molecule has 3 atom stereocenters. The van der Waals surface area contributed by atoms with E-state index >= 15 is 0 Å². The van der Waals surface area contributed by atoms with Gasteiger partial charge in [-0.25, -0.2) is 0 Å². The van der Waals surface area contributed by atoms with Crippen LogP contribution < -0.4 is 4.74 Å². The predicted octanol–water partition coefficient (Wildman–Crippen LogP) is 3.47. The highest BCUT2D eigenvalue weighted by Gasteiger charge is 2.24. The van der Waals surface area contributed by atoms with Crippen molar-refractivity contribution in [2.24, 2.45) is 0 Å². The van der Waals surface area contributed by atoms with E-state index in [9.17, 15) is 10.2 Å². The standard InChI is InChI=1S/C15H21ClO3/c1-10(17)11-7-8-14(12(16)9-11)19-15-6-4-2-3-5-13(15)18/h7-10,13,15,17-18H,2-6H2,1H3. The lowest BCUT2D eigenvalue weighted by Crippen LogP contribution is -2.30. The Kier molecular flexibility index (Phi) is 5.08. The molecular formula is C15H21ClO3. The summed E-state index contributed by atoms with van der Waals surface area (Å²) in [6, 6.07) is 5.28. The van der Waals surface area contributed by atoms with E-state index in [4.69, 9.17) is 16.3 Å². The average Bonchev–Trinajstić information content (AvgIpc) is 2.57. The summed E-state index contributed by atoms with van der Waals surface area (Å²) >= 11 is 6.16. The van der Waals surface area contributed by atoms with E-state index in [1.165, 1.54) is 0 Å². The lowest BCUT2D eigenvalue weighted by atomic mass is 10.1. The molecule has 1 aromatic carbocycles. The van der Waals surface area contributed by atoms with E-state index in [0.29, 0.717) is 10.8 Å². The third kappa shape index (κ3) is 3.85. The van der Waals surface area contributed by atoms with E-state index in [1.807, 2.05) is 0 Å². The first kappa shape index (κ1) is 14.6. The van der Waals surface area contributed by atoms with Crippen LogP contribution in [0.2, 0.25) is 5.02 Å². The molecule has 0 bridgehead atoms. The molecule has 2 rings (SSSR count). The fourth-order valence-corrected chi connectivity index (χ4v) is 2.66. The minimum Gasteiger partial charge on any atom is -0.486 e. The molecular weight excluding hydrogens is 264 g/mol. The number of aliphatic hydroxyl groups excluding tert-OH is 2. The van der Waals surface area contributed by atoms with Crippen LogP contribution >= 0.6 is 11.6 Å². The third-order valence-corrected chi connectivity index (χ3v) is 3.93. The van der Waals surface area contributed by atoms with Gasteiger partial charge in [0.15, 0.2) is 0 Å². The maximum Gasteiger partial charge on any atom is 0.138 e. The molecule has 2 N–H and O–H groups in total. The van der Waals surface area contributed by atoms with Crippen LogP contribution in [0.4, 0.5) is 0 Å². The highest BCUT2D eigenvalue weighted by molar-refractivity contribution is 6.32. The summed E-state index contributed by atoms with van der Waals surface area (Å²) < 4.78 is 5.85. The Morgan fingerprint density at radius 3 is 2.68 bits per heavy atom. The molecule has 0 amide bonds.